The van der Waals surface area contributed by atoms with Gasteiger partial charge in [0, 0.05) is 24.6 Å². The number of carbonyl (C=O) groups is 1. The van der Waals surface area contributed by atoms with Crippen LogP contribution in [0.3, 0.4) is 0 Å². The van der Waals surface area contributed by atoms with E-state index in [-0.39, 0.29) is 16.9 Å². The molecule has 0 unspecified atom stereocenters. The number of aromatic nitrogens is 1. The van der Waals surface area contributed by atoms with Gasteiger partial charge in [0.25, 0.3) is 0 Å². The molecule has 2 aromatic rings. The molecule has 0 atom stereocenters. The summed E-state index contributed by atoms with van der Waals surface area (Å²) < 4.78 is 4.04. The Morgan fingerprint density at radius 1 is 1.32 bits per heavy atom. The van der Waals surface area contributed by atoms with Crippen LogP contribution in [0.1, 0.15) is 28.8 Å². The normalized spacial score (nSPS) is 15.5. The molecule has 1 saturated heterocycles. The number of nitriles is 1. The van der Waals surface area contributed by atoms with Crippen LogP contribution >= 0.6 is 23.1 Å². The molecule has 1 fully saturated rings. The number of piperidine rings is 1. The zero-order chi connectivity index (χ0) is 15.5. The van der Waals surface area contributed by atoms with E-state index in [0.29, 0.717) is 5.56 Å². The first-order valence-corrected chi connectivity index (χ1v) is 8.25. The maximum absolute atomic E-state index is 12.5. The van der Waals surface area contributed by atoms with E-state index in [1.54, 1.807) is 0 Å². The molecule has 3 rings (SSSR count). The summed E-state index contributed by atoms with van der Waals surface area (Å²) in [5.74, 6) is 0.260. The summed E-state index contributed by atoms with van der Waals surface area (Å²) in [6.07, 6.45) is 1.57. The van der Waals surface area contributed by atoms with Crippen molar-refractivity contribution in [2.75, 3.05) is 18.0 Å². The maximum atomic E-state index is 12.5. The fourth-order valence-corrected chi connectivity index (χ4v) is 3.84. The van der Waals surface area contributed by atoms with Gasteiger partial charge < -0.3 is 4.90 Å². The van der Waals surface area contributed by atoms with Crippen LogP contribution in [0.25, 0.3) is 0 Å². The molecule has 2 heterocycles. The number of anilines is 1. The molecule has 0 aliphatic carbocycles. The van der Waals surface area contributed by atoms with E-state index < -0.39 is 0 Å². The Kier molecular flexibility index (Phi) is 4.41. The van der Waals surface area contributed by atoms with E-state index in [0.717, 1.165) is 36.5 Å². The molecule has 112 valence electrons. The number of benzene rings is 1. The van der Waals surface area contributed by atoms with E-state index in [1.807, 2.05) is 30.3 Å². The zero-order valence-electron chi connectivity index (χ0n) is 11.8. The highest BCUT2D eigenvalue weighted by atomic mass is 35.5. The number of carbonyl (C=O) groups excluding carboxylic acids is 1. The number of ketones is 1. The average molecular weight is 332 g/mol. The van der Waals surface area contributed by atoms with Crippen molar-refractivity contribution in [1.29, 1.82) is 5.26 Å². The molecule has 1 aliphatic rings. The molecule has 1 aromatic heterocycles. The van der Waals surface area contributed by atoms with Crippen molar-refractivity contribution in [2.24, 2.45) is 5.92 Å². The van der Waals surface area contributed by atoms with Crippen LogP contribution in [0, 0.1) is 17.2 Å². The first kappa shape index (κ1) is 15.0. The monoisotopic (exact) mass is 331 g/mol. The lowest BCUT2D eigenvalue weighted by atomic mass is 9.89. The maximum Gasteiger partial charge on any atom is 0.166 e. The van der Waals surface area contributed by atoms with Gasteiger partial charge in [0.05, 0.1) is 0 Å². The van der Waals surface area contributed by atoms with Crippen LogP contribution in [-0.2, 0) is 0 Å². The number of nitrogens with zero attached hydrogens (tertiary/aromatic N) is 3. The lowest BCUT2D eigenvalue weighted by molar-refractivity contribution is 0.0900. The van der Waals surface area contributed by atoms with Crippen molar-refractivity contribution in [2.45, 2.75) is 12.8 Å². The average Bonchev–Trinajstić information content (AvgIpc) is 2.96. The Morgan fingerprint density at radius 2 is 2.00 bits per heavy atom. The Hall–Kier alpha value is -1.90. The minimum atomic E-state index is 0.0487. The number of hydrogen-bond donors (Lipinski definition) is 0. The fraction of sp³-hybridized carbons (Fsp3) is 0.312. The van der Waals surface area contributed by atoms with Gasteiger partial charge in [0.1, 0.15) is 16.6 Å². The molecule has 0 amide bonds. The van der Waals surface area contributed by atoms with Crippen molar-refractivity contribution < 1.29 is 4.79 Å². The summed E-state index contributed by atoms with van der Waals surface area (Å²) in [5.41, 5.74) is 1.22. The largest absolute Gasteiger partial charge is 0.361 e. The molecule has 0 saturated carbocycles. The second-order valence-corrected chi connectivity index (χ2v) is 6.37. The third kappa shape index (κ3) is 2.85. The number of Topliss-reactive ketones (excluding diaryl/α,β-unsaturated/α-hetero) is 1. The van der Waals surface area contributed by atoms with Gasteiger partial charge in [0.15, 0.2) is 10.9 Å². The SMILES string of the molecule is N#Cc1c(Cl)nsc1N1CCC(C(=O)c2ccccc2)CC1. The van der Waals surface area contributed by atoms with Gasteiger partial charge in [-0.2, -0.15) is 9.64 Å². The van der Waals surface area contributed by atoms with Gasteiger partial charge in [-0.3, -0.25) is 4.79 Å². The van der Waals surface area contributed by atoms with Crippen LogP contribution < -0.4 is 4.90 Å². The Labute approximate surface area is 138 Å². The molecule has 0 radical (unpaired) electrons. The van der Waals surface area contributed by atoms with E-state index >= 15 is 0 Å². The highest BCUT2D eigenvalue weighted by Crippen LogP contribution is 2.34. The molecule has 1 aromatic carbocycles. The smallest absolute Gasteiger partial charge is 0.166 e. The quantitative estimate of drug-likeness (QED) is 0.803. The van der Waals surface area contributed by atoms with Gasteiger partial charge >= 0.3 is 0 Å². The lowest BCUT2D eigenvalue weighted by Gasteiger charge is -2.31. The van der Waals surface area contributed by atoms with Crippen molar-refractivity contribution in [3.05, 3.63) is 46.6 Å². The standard InChI is InChI=1S/C16H14ClN3OS/c17-15-13(10-18)16(22-19-15)20-8-6-12(7-9-20)14(21)11-4-2-1-3-5-11/h1-5,12H,6-9H2. The molecule has 0 N–H and O–H groups in total. The predicted octanol–water partition coefficient (Wildman–Crippen LogP) is 3.77. The van der Waals surface area contributed by atoms with Gasteiger partial charge in [0.2, 0.25) is 0 Å². The molecule has 4 nitrogen and oxygen atoms in total. The van der Waals surface area contributed by atoms with Crippen LogP contribution in [0.15, 0.2) is 30.3 Å². The lowest BCUT2D eigenvalue weighted by Crippen LogP contribution is -2.36. The molecule has 0 spiro atoms. The molecular formula is C16H14ClN3OS. The summed E-state index contributed by atoms with van der Waals surface area (Å²) in [7, 11) is 0. The van der Waals surface area contributed by atoms with Crippen molar-refractivity contribution in [3.63, 3.8) is 0 Å². The third-order valence-electron chi connectivity index (χ3n) is 3.96. The Bertz CT molecular complexity index is 715. The summed E-state index contributed by atoms with van der Waals surface area (Å²) in [5, 5.41) is 10.2. The zero-order valence-corrected chi connectivity index (χ0v) is 13.4. The van der Waals surface area contributed by atoms with Crippen molar-refractivity contribution in [1.82, 2.24) is 4.37 Å². The number of hydrogen-bond acceptors (Lipinski definition) is 5. The first-order valence-electron chi connectivity index (χ1n) is 7.10. The molecule has 6 heteroatoms. The van der Waals surface area contributed by atoms with E-state index in [1.165, 1.54) is 11.5 Å². The summed E-state index contributed by atoms with van der Waals surface area (Å²) in [4.78, 5) is 14.6. The second-order valence-electron chi connectivity index (χ2n) is 5.26. The van der Waals surface area contributed by atoms with Gasteiger partial charge in [-0.1, -0.05) is 41.9 Å². The second kappa shape index (κ2) is 6.47. The van der Waals surface area contributed by atoms with Crippen LogP contribution in [0.2, 0.25) is 5.15 Å². The minimum Gasteiger partial charge on any atom is -0.361 e. The molecule has 0 bridgehead atoms. The highest BCUT2D eigenvalue weighted by Gasteiger charge is 2.28. The van der Waals surface area contributed by atoms with Crippen LogP contribution in [-0.4, -0.2) is 23.2 Å². The van der Waals surface area contributed by atoms with E-state index in [9.17, 15) is 4.79 Å². The van der Waals surface area contributed by atoms with Gasteiger partial charge in [-0.25, -0.2) is 0 Å². The number of rotatable bonds is 3. The first-order chi connectivity index (χ1) is 10.7. The number of halogens is 1. The van der Waals surface area contributed by atoms with E-state index in [2.05, 4.69) is 15.3 Å². The third-order valence-corrected chi connectivity index (χ3v) is 5.24. The minimum absolute atomic E-state index is 0.0487. The Morgan fingerprint density at radius 3 is 2.64 bits per heavy atom. The predicted molar refractivity (Wildman–Crippen MR) is 87.5 cm³/mol. The van der Waals surface area contributed by atoms with Crippen molar-refractivity contribution >= 4 is 33.9 Å². The van der Waals surface area contributed by atoms with Gasteiger partial charge in [-0.15, -0.1) is 0 Å². The van der Waals surface area contributed by atoms with Crippen LogP contribution in [0.4, 0.5) is 5.00 Å². The van der Waals surface area contributed by atoms with E-state index in [4.69, 9.17) is 16.9 Å². The molecule has 1 aliphatic heterocycles. The highest BCUT2D eigenvalue weighted by molar-refractivity contribution is 7.10. The molecule has 22 heavy (non-hydrogen) atoms. The summed E-state index contributed by atoms with van der Waals surface area (Å²) in [6, 6.07) is 11.5. The topological polar surface area (TPSA) is 57.0 Å². The summed E-state index contributed by atoms with van der Waals surface area (Å²) in [6.45, 7) is 1.49. The van der Waals surface area contributed by atoms with Crippen molar-refractivity contribution in [3.8, 4) is 6.07 Å². The fourth-order valence-electron chi connectivity index (χ4n) is 2.76. The Balaban J connectivity index is 1.68. The van der Waals surface area contributed by atoms with Crippen LogP contribution in [0.5, 0.6) is 0 Å². The summed E-state index contributed by atoms with van der Waals surface area (Å²) >= 11 is 7.17. The molecular weight excluding hydrogens is 318 g/mol. The van der Waals surface area contributed by atoms with Gasteiger partial charge in [-0.05, 0) is 24.4 Å².